The van der Waals surface area contributed by atoms with Crippen molar-refractivity contribution in [2.75, 3.05) is 6.26 Å². The van der Waals surface area contributed by atoms with Gasteiger partial charge in [0, 0.05) is 10.8 Å². The average Bonchev–Trinajstić information content (AvgIpc) is 2.15. The van der Waals surface area contributed by atoms with Crippen molar-refractivity contribution in [1.82, 2.24) is 0 Å². The molecule has 0 aliphatic rings. The smallest absolute Gasteiger partial charge is 0.404 e. The van der Waals surface area contributed by atoms with Crippen LogP contribution >= 0.6 is 11.6 Å². The van der Waals surface area contributed by atoms with E-state index in [9.17, 15) is 21.6 Å². The number of hydrogen-bond donors (Lipinski definition) is 0. The van der Waals surface area contributed by atoms with Crippen LogP contribution in [0.5, 0.6) is 5.75 Å². The van der Waals surface area contributed by atoms with Crippen molar-refractivity contribution in [3.8, 4) is 16.9 Å². The fourth-order valence-corrected chi connectivity index (χ4v) is 1.46. The molecule has 0 saturated heterocycles. The first-order chi connectivity index (χ1) is 8.07. The van der Waals surface area contributed by atoms with Gasteiger partial charge in [0.05, 0.1) is 11.3 Å². The van der Waals surface area contributed by atoms with Crippen LogP contribution in [0.1, 0.15) is 5.56 Å². The van der Waals surface area contributed by atoms with Crippen LogP contribution in [0.25, 0.3) is 0 Å². The molecule has 0 aliphatic carbocycles. The first-order valence-electron chi connectivity index (χ1n) is 4.35. The van der Waals surface area contributed by atoms with Crippen LogP contribution in [0.3, 0.4) is 0 Å². The molecule has 0 unspecified atom stereocenters. The minimum absolute atomic E-state index is 0.167. The Labute approximate surface area is 106 Å². The van der Waals surface area contributed by atoms with Crippen LogP contribution < -0.4 is 4.74 Å². The van der Waals surface area contributed by atoms with Crippen LogP contribution in [-0.4, -0.2) is 21.0 Å². The third kappa shape index (κ3) is 5.29. The molecular weight excluding hydrogens is 293 g/mol. The molecule has 8 heteroatoms. The third-order valence-electron chi connectivity index (χ3n) is 1.54. The van der Waals surface area contributed by atoms with Crippen molar-refractivity contribution in [1.29, 1.82) is 0 Å². The molecule has 3 nitrogen and oxygen atoms in total. The van der Waals surface area contributed by atoms with E-state index < -0.39 is 21.9 Å². The number of benzene rings is 1. The van der Waals surface area contributed by atoms with Gasteiger partial charge >= 0.3 is 6.36 Å². The number of rotatable bonds is 1. The van der Waals surface area contributed by atoms with E-state index in [-0.39, 0.29) is 10.6 Å². The first kappa shape index (κ1) is 14.7. The topological polar surface area (TPSA) is 43.4 Å². The summed E-state index contributed by atoms with van der Waals surface area (Å²) in [5.74, 6) is 1.68. The van der Waals surface area contributed by atoms with Crippen LogP contribution in [0.15, 0.2) is 18.2 Å². The molecule has 1 aromatic rings. The van der Waals surface area contributed by atoms with Gasteiger partial charge in [0.25, 0.3) is 0 Å². The van der Waals surface area contributed by atoms with Gasteiger partial charge in [-0.15, -0.1) is 13.2 Å². The van der Waals surface area contributed by atoms with E-state index in [1.807, 2.05) is 5.25 Å². The number of hydrogen-bond acceptors (Lipinski definition) is 3. The van der Waals surface area contributed by atoms with Crippen molar-refractivity contribution in [3.05, 3.63) is 28.8 Å². The highest BCUT2D eigenvalue weighted by Gasteiger charge is 2.31. The molecule has 0 amide bonds. The lowest BCUT2D eigenvalue weighted by Crippen LogP contribution is -2.17. The van der Waals surface area contributed by atoms with E-state index in [0.717, 1.165) is 18.4 Å². The van der Waals surface area contributed by atoms with Gasteiger partial charge in [-0.25, -0.2) is 8.42 Å². The fraction of sp³-hybridized carbons (Fsp3) is 0.200. The predicted molar refractivity (Wildman–Crippen MR) is 59.9 cm³/mol. The second kappa shape index (κ2) is 5.08. The SMILES string of the molecule is CS(=O)(=O)C#Cc1ccc(OC(F)(F)F)c(Cl)c1. The van der Waals surface area contributed by atoms with Gasteiger partial charge < -0.3 is 4.74 Å². The second-order valence-electron chi connectivity index (χ2n) is 3.19. The van der Waals surface area contributed by atoms with Crippen LogP contribution in [-0.2, 0) is 9.84 Å². The van der Waals surface area contributed by atoms with E-state index in [4.69, 9.17) is 11.6 Å². The quantitative estimate of drug-likeness (QED) is 0.749. The molecule has 0 fully saturated rings. The Balaban J connectivity index is 3.03. The Morgan fingerprint density at radius 2 is 1.94 bits per heavy atom. The predicted octanol–water partition coefficient (Wildman–Crippen LogP) is 2.59. The Morgan fingerprint density at radius 1 is 1.33 bits per heavy atom. The van der Waals surface area contributed by atoms with Gasteiger partial charge in [-0.1, -0.05) is 11.6 Å². The summed E-state index contributed by atoms with van der Waals surface area (Å²) in [5, 5.41) is 1.62. The number of ether oxygens (including phenoxy) is 1. The van der Waals surface area contributed by atoms with E-state index in [0.29, 0.717) is 0 Å². The summed E-state index contributed by atoms with van der Waals surface area (Å²) < 4.78 is 61.0. The molecule has 0 bridgehead atoms. The van der Waals surface area contributed by atoms with E-state index in [2.05, 4.69) is 10.7 Å². The first-order valence-corrected chi connectivity index (χ1v) is 6.62. The Hall–Kier alpha value is -1.39. The Kier molecular flexibility index (Phi) is 4.14. The largest absolute Gasteiger partial charge is 0.573 e. The molecule has 18 heavy (non-hydrogen) atoms. The monoisotopic (exact) mass is 298 g/mol. The maximum atomic E-state index is 11.9. The molecule has 0 atom stereocenters. The summed E-state index contributed by atoms with van der Waals surface area (Å²) in [6.07, 6.45) is -3.94. The van der Waals surface area contributed by atoms with Crippen molar-refractivity contribution >= 4 is 21.4 Å². The molecule has 98 valence electrons. The minimum Gasteiger partial charge on any atom is -0.404 e. The molecule has 0 saturated carbocycles. The fourth-order valence-electron chi connectivity index (χ4n) is 0.938. The summed E-state index contributed by atoms with van der Waals surface area (Å²) in [5.41, 5.74) is 0.167. The molecule has 0 heterocycles. The van der Waals surface area contributed by atoms with Gasteiger partial charge in [0.1, 0.15) is 5.75 Å². The number of halogens is 4. The lowest BCUT2D eigenvalue weighted by atomic mass is 10.2. The lowest BCUT2D eigenvalue weighted by Gasteiger charge is -2.09. The summed E-state index contributed by atoms with van der Waals surface area (Å²) in [7, 11) is -3.49. The minimum atomic E-state index is -4.84. The van der Waals surface area contributed by atoms with Gasteiger partial charge in [-0.05, 0) is 24.1 Å². The van der Waals surface area contributed by atoms with Crippen LogP contribution in [0, 0.1) is 11.2 Å². The maximum absolute atomic E-state index is 11.9. The molecule has 0 spiro atoms. The zero-order chi connectivity index (χ0) is 14.0. The number of sulfone groups is 1. The standard InChI is InChI=1S/C10H6ClF3O3S/c1-18(15,16)5-4-7-2-3-9(8(11)6-7)17-10(12,13)14/h2-3,6H,1H3. The molecular formula is C10H6ClF3O3S. The van der Waals surface area contributed by atoms with Gasteiger partial charge in [-0.3, -0.25) is 0 Å². The zero-order valence-electron chi connectivity index (χ0n) is 8.88. The molecule has 1 aromatic carbocycles. The second-order valence-corrected chi connectivity index (χ2v) is 5.35. The highest BCUT2D eigenvalue weighted by molar-refractivity contribution is 7.95. The summed E-state index contributed by atoms with van der Waals surface area (Å²) in [6.45, 7) is 0. The van der Waals surface area contributed by atoms with Crippen molar-refractivity contribution in [2.45, 2.75) is 6.36 Å². The molecule has 0 N–H and O–H groups in total. The van der Waals surface area contributed by atoms with Gasteiger partial charge in [0.15, 0.2) is 0 Å². The normalized spacial score (nSPS) is 11.6. The molecule has 1 rings (SSSR count). The van der Waals surface area contributed by atoms with Crippen molar-refractivity contribution in [3.63, 3.8) is 0 Å². The highest BCUT2D eigenvalue weighted by atomic mass is 35.5. The Morgan fingerprint density at radius 3 is 2.39 bits per heavy atom. The Bertz CT molecular complexity index is 611. The highest BCUT2D eigenvalue weighted by Crippen LogP contribution is 2.30. The molecule has 0 aromatic heterocycles. The summed E-state index contributed by atoms with van der Waals surface area (Å²) >= 11 is 5.54. The average molecular weight is 299 g/mol. The van der Waals surface area contributed by atoms with Crippen LogP contribution in [0.2, 0.25) is 5.02 Å². The molecule has 0 radical (unpaired) electrons. The van der Waals surface area contributed by atoms with E-state index in [1.165, 1.54) is 6.07 Å². The van der Waals surface area contributed by atoms with E-state index in [1.54, 1.807) is 0 Å². The van der Waals surface area contributed by atoms with Crippen LogP contribution in [0.4, 0.5) is 13.2 Å². The van der Waals surface area contributed by atoms with Crippen molar-refractivity contribution in [2.24, 2.45) is 0 Å². The third-order valence-corrected chi connectivity index (χ3v) is 2.31. The summed E-state index contributed by atoms with van der Waals surface area (Å²) in [6, 6.07) is 3.22. The van der Waals surface area contributed by atoms with Gasteiger partial charge in [-0.2, -0.15) is 0 Å². The summed E-state index contributed by atoms with van der Waals surface area (Å²) in [4.78, 5) is 0. The molecule has 0 aliphatic heterocycles. The van der Waals surface area contributed by atoms with E-state index >= 15 is 0 Å². The number of alkyl halides is 3. The lowest BCUT2D eigenvalue weighted by molar-refractivity contribution is -0.274. The van der Waals surface area contributed by atoms with Crippen molar-refractivity contribution < 1.29 is 26.3 Å². The van der Waals surface area contributed by atoms with Gasteiger partial charge in [0.2, 0.25) is 9.84 Å². The zero-order valence-corrected chi connectivity index (χ0v) is 10.4. The maximum Gasteiger partial charge on any atom is 0.573 e.